The Bertz CT molecular complexity index is 218. The van der Waals surface area contributed by atoms with Crippen molar-refractivity contribution in [3.63, 3.8) is 0 Å². The van der Waals surface area contributed by atoms with Gasteiger partial charge in [0.1, 0.15) is 0 Å². The van der Waals surface area contributed by atoms with Crippen molar-refractivity contribution < 1.29 is 9.90 Å². The summed E-state index contributed by atoms with van der Waals surface area (Å²) in [4.78, 5) is 13.3. The number of hydrogen-bond acceptors (Lipinski definition) is 2. The molecule has 3 nitrogen and oxygen atoms in total. The van der Waals surface area contributed by atoms with E-state index in [1.54, 1.807) is 0 Å². The average Bonchev–Trinajstić information content (AvgIpc) is 2.39. The van der Waals surface area contributed by atoms with Gasteiger partial charge in [-0.15, -0.1) is 0 Å². The lowest BCUT2D eigenvalue weighted by Crippen LogP contribution is -2.35. The molecule has 1 rings (SSSR count). The Morgan fingerprint density at radius 1 is 1.33 bits per heavy atom. The number of aliphatic hydroxyl groups is 1. The number of amides is 1. The van der Waals surface area contributed by atoms with E-state index in [1.165, 1.54) is 0 Å². The normalized spacial score (nSPS) is 22.5. The van der Waals surface area contributed by atoms with Gasteiger partial charge in [0.05, 0.1) is 12.5 Å². The van der Waals surface area contributed by atoms with Crippen LogP contribution in [0, 0.1) is 17.8 Å². The first kappa shape index (κ1) is 12.5. The summed E-state index contributed by atoms with van der Waals surface area (Å²) in [5.74, 6) is 1.79. The quantitative estimate of drug-likeness (QED) is 0.769. The number of β-amino-alcohol motifs (C(OH)–C–C–N with tert-alkyl or cyclic N) is 1. The topological polar surface area (TPSA) is 40.5 Å². The average molecular weight is 213 g/mol. The van der Waals surface area contributed by atoms with Crippen molar-refractivity contribution in [2.45, 2.75) is 40.2 Å². The molecule has 15 heavy (non-hydrogen) atoms. The van der Waals surface area contributed by atoms with Crippen molar-refractivity contribution in [1.82, 2.24) is 4.90 Å². The molecule has 1 aliphatic heterocycles. The Kier molecular flexibility index (Phi) is 4.14. The van der Waals surface area contributed by atoms with E-state index in [1.807, 2.05) is 4.90 Å². The van der Waals surface area contributed by atoms with Crippen LogP contribution in [0.4, 0.5) is 0 Å². The van der Waals surface area contributed by atoms with Gasteiger partial charge >= 0.3 is 0 Å². The largest absolute Gasteiger partial charge is 0.391 e. The third-order valence-electron chi connectivity index (χ3n) is 3.34. The van der Waals surface area contributed by atoms with Crippen LogP contribution in [0.15, 0.2) is 0 Å². The summed E-state index contributed by atoms with van der Waals surface area (Å²) in [7, 11) is 0. The highest BCUT2D eigenvalue weighted by atomic mass is 16.3. The van der Waals surface area contributed by atoms with Crippen LogP contribution in [0.3, 0.4) is 0 Å². The van der Waals surface area contributed by atoms with E-state index >= 15 is 0 Å². The summed E-state index contributed by atoms with van der Waals surface area (Å²) in [6.07, 6.45) is -0.138. The summed E-state index contributed by atoms with van der Waals surface area (Å²) < 4.78 is 0. The van der Waals surface area contributed by atoms with Gasteiger partial charge in [0.15, 0.2) is 0 Å². The highest BCUT2D eigenvalue weighted by Crippen LogP contribution is 2.24. The van der Waals surface area contributed by atoms with Gasteiger partial charge in [0.2, 0.25) is 5.91 Å². The molecule has 0 bridgehead atoms. The second-order valence-corrected chi connectivity index (χ2v) is 5.31. The van der Waals surface area contributed by atoms with Crippen LogP contribution in [0.5, 0.6) is 0 Å². The minimum atomic E-state index is -0.447. The number of likely N-dealkylation sites (tertiary alicyclic amines) is 1. The molecule has 1 aliphatic rings. The zero-order valence-corrected chi connectivity index (χ0v) is 10.2. The molecule has 1 fully saturated rings. The van der Waals surface area contributed by atoms with E-state index in [9.17, 15) is 9.90 Å². The molecule has 0 saturated carbocycles. The first-order chi connectivity index (χ1) is 6.91. The molecular formula is C12H23NO2. The van der Waals surface area contributed by atoms with Crippen LogP contribution in [0.25, 0.3) is 0 Å². The molecule has 1 N–H and O–H groups in total. The molecule has 0 radical (unpaired) electrons. The second-order valence-electron chi connectivity index (χ2n) is 5.31. The number of carbonyl (C=O) groups is 1. The van der Waals surface area contributed by atoms with Gasteiger partial charge in [-0.05, 0) is 17.8 Å². The molecule has 1 atom stereocenters. The minimum absolute atomic E-state index is 0.105. The van der Waals surface area contributed by atoms with E-state index in [0.717, 1.165) is 6.54 Å². The molecule has 1 saturated heterocycles. The number of rotatable bonds is 4. The van der Waals surface area contributed by atoms with Gasteiger partial charge in [-0.1, -0.05) is 27.7 Å². The molecule has 1 amide bonds. The first-order valence-corrected chi connectivity index (χ1v) is 5.87. The first-order valence-electron chi connectivity index (χ1n) is 5.87. The molecular weight excluding hydrogens is 190 g/mol. The van der Waals surface area contributed by atoms with Crippen LogP contribution in [0.1, 0.15) is 34.1 Å². The van der Waals surface area contributed by atoms with Crippen molar-refractivity contribution in [2.24, 2.45) is 17.8 Å². The fourth-order valence-corrected chi connectivity index (χ4v) is 2.37. The third-order valence-corrected chi connectivity index (χ3v) is 3.34. The van der Waals surface area contributed by atoms with Crippen LogP contribution in [-0.4, -0.2) is 35.1 Å². The highest BCUT2D eigenvalue weighted by molar-refractivity contribution is 5.79. The fourth-order valence-electron chi connectivity index (χ4n) is 2.37. The summed E-state index contributed by atoms with van der Waals surface area (Å²) >= 11 is 0. The van der Waals surface area contributed by atoms with Gasteiger partial charge in [-0.3, -0.25) is 4.79 Å². The van der Waals surface area contributed by atoms with Gasteiger partial charge in [0.25, 0.3) is 0 Å². The van der Waals surface area contributed by atoms with E-state index < -0.39 is 6.10 Å². The summed E-state index contributed by atoms with van der Waals surface area (Å²) in [6, 6.07) is 0. The van der Waals surface area contributed by atoms with Gasteiger partial charge in [0, 0.05) is 13.1 Å². The van der Waals surface area contributed by atoms with Crippen LogP contribution < -0.4 is 0 Å². The minimum Gasteiger partial charge on any atom is -0.391 e. The number of aliphatic hydroxyl groups excluding tert-OH is 1. The fraction of sp³-hybridized carbons (Fsp3) is 0.917. The van der Waals surface area contributed by atoms with Gasteiger partial charge in [-0.25, -0.2) is 0 Å². The third kappa shape index (κ3) is 3.20. The molecule has 0 aromatic heterocycles. The Labute approximate surface area is 92.5 Å². The summed E-state index contributed by atoms with van der Waals surface area (Å²) in [5, 5.41) is 9.40. The predicted octanol–water partition coefficient (Wildman–Crippen LogP) is 1.51. The number of nitrogens with zero attached hydrogens (tertiary/aromatic N) is 1. The summed E-state index contributed by atoms with van der Waals surface area (Å²) in [5.41, 5.74) is 0. The molecule has 88 valence electrons. The zero-order valence-electron chi connectivity index (χ0n) is 10.2. The van der Waals surface area contributed by atoms with Crippen molar-refractivity contribution >= 4 is 5.91 Å². The number of carbonyl (C=O) groups excluding carboxylic acids is 1. The van der Waals surface area contributed by atoms with Gasteiger partial charge in [-0.2, -0.15) is 0 Å². The molecule has 0 aromatic carbocycles. The monoisotopic (exact) mass is 213 g/mol. The highest BCUT2D eigenvalue weighted by Gasteiger charge is 2.31. The van der Waals surface area contributed by atoms with Crippen molar-refractivity contribution in [3.05, 3.63) is 0 Å². The Hall–Kier alpha value is -0.570. The molecule has 0 spiro atoms. The number of hydrogen-bond donors (Lipinski definition) is 1. The van der Waals surface area contributed by atoms with Crippen molar-refractivity contribution in [3.8, 4) is 0 Å². The van der Waals surface area contributed by atoms with E-state index in [2.05, 4.69) is 27.7 Å². The maximum absolute atomic E-state index is 11.5. The standard InChI is InChI=1S/C12H23NO2/c1-8(2)11(9(3)4)7-13-6-10(14)5-12(13)15/h8-11,14H,5-7H2,1-4H3. The molecule has 0 aromatic rings. The Balaban J connectivity index is 2.55. The van der Waals surface area contributed by atoms with Crippen LogP contribution in [-0.2, 0) is 4.79 Å². The molecule has 1 heterocycles. The second kappa shape index (κ2) is 4.97. The maximum Gasteiger partial charge on any atom is 0.225 e. The lowest BCUT2D eigenvalue weighted by molar-refractivity contribution is -0.128. The Morgan fingerprint density at radius 2 is 1.87 bits per heavy atom. The van der Waals surface area contributed by atoms with Crippen LogP contribution in [0.2, 0.25) is 0 Å². The van der Waals surface area contributed by atoms with Crippen molar-refractivity contribution in [1.29, 1.82) is 0 Å². The molecule has 3 heteroatoms. The van der Waals surface area contributed by atoms with Crippen molar-refractivity contribution in [2.75, 3.05) is 13.1 Å². The maximum atomic E-state index is 11.5. The molecule has 0 aliphatic carbocycles. The molecule has 1 unspecified atom stereocenters. The summed E-state index contributed by atoms with van der Waals surface area (Å²) in [6.45, 7) is 10.1. The van der Waals surface area contributed by atoms with E-state index in [0.29, 0.717) is 30.7 Å². The lowest BCUT2D eigenvalue weighted by Gasteiger charge is -2.29. The van der Waals surface area contributed by atoms with E-state index in [-0.39, 0.29) is 5.91 Å². The smallest absolute Gasteiger partial charge is 0.225 e. The van der Waals surface area contributed by atoms with Gasteiger partial charge < -0.3 is 10.0 Å². The van der Waals surface area contributed by atoms with Crippen LogP contribution >= 0.6 is 0 Å². The zero-order chi connectivity index (χ0) is 11.6. The lowest BCUT2D eigenvalue weighted by atomic mass is 9.85. The van der Waals surface area contributed by atoms with E-state index in [4.69, 9.17) is 0 Å². The predicted molar refractivity (Wildman–Crippen MR) is 60.4 cm³/mol. The Morgan fingerprint density at radius 3 is 2.20 bits per heavy atom. The SMILES string of the molecule is CC(C)C(CN1CC(O)CC1=O)C(C)C.